The number of nitrogens with two attached hydrogens (primary N) is 1. The molecule has 0 aliphatic heterocycles. The zero-order valence-electron chi connectivity index (χ0n) is 11.7. The summed E-state index contributed by atoms with van der Waals surface area (Å²) < 4.78 is 39.0. The third-order valence-electron chi connectivity index (χ3n) is 2.74. The van der Waals surface area contributed by atoms with Crippen LogP contribution in [0.15, 0.2) is 43.1 Å². The number of nitrogen functional groups attached to an aromatic ring is 1. The molecule has 0 radical (unpaired) electrons. The highest BCUT2D eigenvalue weighted by molar-refractivity contribution is 6.01. The second-order valence-electron chi connectivity index (χ2n) is 4.35. The van der Waals surface area contributed by atoms with E-state index in [4.69, 9.17) is 5.73 Å². The first-order valence-electron chi connectivity index (χ1n) is 6.30. The van der Waals surface area contributed by atoms with Crippen molar-refractivity contribution in [2.75, 3.05) is 16.4 Å². The monoisotopic (exact) mass is 323 g/mol. The van der Waals surface area contributed by atoms with Crippen LogP contribution < -0.4 is 16.4 Å². The summed E-state index contributed by atoms with van der Waals surface area (Å²) in [5.74, 6) is -1.32. The Bertz CT molecular complexity index is 745. The van der Waals surface area contributed by atoms with Gasteiger partial charge in [-0.1, -0.05) is 18.7 Å². The van der Waals surface area contributed by atoms with Crippen molar-refractivity contribution in [3.05, 3.63) is 48.7 Å². The van der Waals surface area contributed by atoms with Crippen LogP contribution in [-0.4, -0.2) is 15.9 Å². The number of para-hydroxylation sites is 2. The van der Waals surface area contributed by atoms with Gasteiger partial charge in [-0.25, -0.2) is 4.98 Å². The summed E-state index contributed by atoms with van der Waals surface area (Å²) >= 11 is 0. The SMILES string of the molecule is C=CC(=O)Nc1ccccc1Nc1nc(N)ncc1C(F)(F)F. The largest absolute Gasteiger partial charge is 0.421 e. The minimum absolute atomic E-state index is 0.214. The van der Waals surface area contributed by atoms with Crippen molar-refractivity contribution < 1.29 is 18.0 Å². The number of benzene rings is 1. The highest BCUT2D eigenvalue weighted by Crippen LogP contribution is 2.36. The highest BCUT2D eigenvalue weighted by atomic mass is 19.4. The van der Waals surface area contributed by atoms with E-state index >= 15 is 0 Å². The van der Waals surface area contributed by atoms with Crippen molar-refractivity contribution >= 4 is 29.0 Å². The predicted molar refractivity (Wildman–Crippen MR) is 80.0 cm³/mol. The van der Waals surface area contributed by atoms with Crippen molar-refractivity contribution in [3.8, 4) is 0 Å². The Morgan fingerprint density at radius 2 is 1.91 bits per heavy atom. The summed E-state index contributed by atoms with van der Waals surface area (Å²) in [6.45, 7) is 3.31. The fourth-order valence-electron chi connectivity index (χ4n) is 1.71. The number of amides is 1. The first-order chi connectivity index (χ1) is 10.8. The normalized spacial score (nSPS) is 10.9. The average Bonchev–Trinajstić information content (AvgIpc) is 2.48. The van der Waals surface area contributed by atoms with Gasteiger partial charge in [0.1, 0.15) is 11.4 Å². The van der Waals surface area contributed by atoms with Crippen LogP contribution in [0.1, 0.15) is 5.56 Å². The third kappa shape index (κ3) is 3.96. The van der Waals surface area contributed by atoms with E-state index in [1.807, 2.05) is 0 Å². The topological polar surface area (TPSA) is 92.9 Å². The van der Waals surface area contributed by atoms with Crippen LogP contribution in [-0.2, 0) is 11.0 Å². The van der Waals surface area contributed by atoms with Gasteiger partial charge >= 0.3 is 6.18 Å². The molecule has 0 unspecified atom stereocenters. The Labute approximate surface area is 129 Å². The first kappa shape index (κ1) is 16.3. The van der Waals surface area contributed by atoms with Crippen molar-refractivity contribution in [2.45, 2.75) is 6.18 Å². The second kappa shape index (κ2) is 6.34. The van der Waals surface area contributed by atoms with E-state index in [2.05, 4.69) is 27.2 Å². The van der Waals surface area contributed by atoms with E-state index in [9.17, 15) is 18.0 Å². The van der Waals surface area contributed by atoms with Crippen LogP contribution in [0.3, 0.4) is 0 Å². The molecular formula is C14H12F3N5O. The van der Waals surface area contributed by atoms with E-state index < -0.39 is 23.5 Å². The van der Waals surface area contributed by atoms with Crippen molar-refractivity contribution in [3.63, 3.8) is 0 Å². The molecule has 1 aromatic heterocycles. The van der Waals surface area contributed by atoms with Gasteiger partial charge < -0.3 is 16.4 Å². The van der Waals surface area contributed by atoms with Gasteiger partial charge in [0.2, 0.25) is 11.9 Å². The molecule has 120 valence electrons. The van der Waals surface area contributed by atoms with Gasteiger partial charge in [-0.3, -0.25) is 4.79 Å². The fourth-order valence-corrected chi connectivity index (χ4v) is 1.71. The standard InChI is InChI=1S/C14H12F3N5O/c1-2-11(23)20-9-5-3-4-6-10(9)21-12-8(14(15,16)17)7-19-13(18)22-12/h2-7H,1H2,(H,20,23)(H3,18,19,21,22). The van der Waals surface area contributed by atoms with Gasteiger partial charge in [-0.05, 0) is 18.2 Å². The molecule has 0 bridgehead atoms. The van der Waals surface area contributed by atoms with Gasteiger partial charge in [0.05, 0.1) is 11.4 Å². The van der Waals surface area contributed by atoms with E-state index in [-0.39, 0.29) is 17.3 Å². The number of anilines is 4. The molecule has 1 heterocycles. The Hall–Kier alpha value is -3.10. The summed E-state index contributed by atoms with van der Waals surface area (Å²) in [4.78, 5) is 18.3. The van der Waals surface area contributed by atoms with Crippen molar-refractivity contribution in [2.24, 2.45) is 0 Å². The molecule has 0 aliphatic rings. The van der Waals surface area contributed by atoms with E-state index in [1.54, 1.807) is 12.1 Å². The number of alkyl halides is 3. The molecule has 23 heavy (non-hydrogen) atoms. The molecular weight excluding hydrogens is 311 g/mol. The Morgan fingerprint density at radius 3 is 2.52 bits per heavy atom. The number of hydrogen-bond acceptors (Lipinski definition) is 5. The molecule has 6 nitrogen and oxygen atoms in total. The quantitative estimate of drug-likeness (QED) is 0.752. The number of halogens is 3. The number of carbonyl (C=O) groups excluding carboxylic acids is 1. The second-order valence-corrected chi connectivity index (χ2v) is 4.35. The van der Waals surface area contributed by atoms with Gasteiger partial charge in [0.25, 0.3) is 0 Å². The summed E-state index contributed by atoms with van der Waals surface area (Å²) in [5.41, 5.74) is 4.76. The minimum Gasteiger partial charge on any atom is -0.368 e. The van der Waals surface area contributed by atoms with Gasteiger partial charge in [-0.2, -0.15) is 18.2 Å². The molecule has 0 saturated heterocycles. The Kier molecular flexibility index (Phi) is 4.49. The average molecular weight is 323 g/mol. The molecule has 0 aliphatic carbocycles. The number of rotatable bonds is 4. The van der Waals surface area contributed by atoms with Crippen molar-refractivity contribution in [1.29, 1.82) is 0 Å². The summed E-state index contributed by atoms with van der Waals surface area (Å²) in [6, 6.07) is 6.20. The zero-order valence-corrected chi connectivity index (χ0v) is 11.7. The molecule has 1 amide bonds. The van der Waals surface area contributed by atoms with E-state index in [0.29, 0.717) is 6.20 Å². The van der Waals surface area contributed by atoms with Crippen LogP contribution in [0, 0.1) is 0 Å². The predicted octanol–water partition coefficient (Wildman–Crippen LogP) is 2.95. The van der Waals surface area contributed by atoms with Crippen LogP contribution in [0.5, 0.6) is 0 Å². The third-order valence-corrected chi connectivity index (χ3v) is 2.74. The maximum absolute atomic E-state index is 13.0. The van der Waals surface area contributed by atoms with E-state index in [1.165, 1.54) is 12.1 Å². The molecule has 9 heteroatoms. The smallest absolute Gasteiger partial charge is 0.368 e. The van der Waals surface area contributed by atoms with Crippen LogP contribution in [0.25, 0.3) is 0 Å². The molecule has 0 atom stereocenters. The molecule has 0 spiro atoms. The number of nitrogens with zero attached hydrogens (tertiary/aromatic N) is 2. The minimum atomic E-state index is -4.66. The maximum atomic E-state index is 13.0. The van der Waals surface area contributed by atoms with Crippen LogP contribution in [0.4, 0.5) is 36.3 Å². The lowest BCUT2D eigenvalue weighted by atomic mass is 10.2. The van der Waals surface area contributed by atoms with Gasteiger partial charge in [0.15, 0.2) is 0 Å². The summed E-state index contributed by atoms with van der Waals surface area (Å²) in [5, 5.41) is 5.00. The zero-order chi connectivity index (χ0) is 17.0. The van der Waals surface area contributed by atoms with Crippen molar-refractivity contribution in [1.82, 2.24) is 9.97 Å². The number of aromatic nitrogens is 2. The molecule has 1 aromatic carbocycles. The summed E-state index contributed by atoms with van der Waals surface area (Å²) in [7, 11) is 0. The lowest BCUT2D eigenvalue weighted by Crippen LogP contribution is -2.14. The highest BCUT2D eigenvalue weighted by Gasteiger charge is 2.35. The molecule has 0 saturated carbocycles. The number of carbonyl (C=O) groups is 1. The number of hydrogen-bond donors (Lipinski definition) is 3. The molecule has 4 N–H and O–H groups in total. The Balaban J connectivity index is 2.42. The Morgan fingerprint density at radius 1 is 1.26 bits per heavy atom. The maximum Gasteiger partial charge on any atom is 0.421 e. The number of nitrogens with one attached hydrogen (secondary N) is 2. The molecule has 0 fully saturated rings. The molecule has 2 rings (SSSR count). The molecule has 2 aromatic rings. The lowest BCUT2D eigenvalue weighted by molar-refractivity contribution is -0.137. The first-order valence-corrected chi connectivity index (χ1v) is 6.30. The van der Waals surface area contributed by atoms with E-state index in [0.717, 1.165) is 6.08 Å². The van der Waals surface area contributed by atoms with Gasteiger partial charge in [-0.15, -0.1) is 0 Å². The van der Waals surface area contributed by atoms with Crippen LogP contribution in [0.2, 0.25) is 0 Å². The van der Waals surface area contributed by atoms with Crippen LogP contribution >= 0.6 is 0 Å². The van der Waals surface area contributed by atoms with Gasteiger partial charge in [0, 0.05) is 6.20 Å². The summed E-state index contributed by atoms with van der Waals surface area (Å²) in [6.07, 6.45) is -3.02. The lowest BCUT2D eigenvalue weighted by Gasteiger charge is -2.15. The fraction of sp³-hybridized carbons (Fsp3) is 0.0714.